The highest BCUT2D eigenvalue weighted by molar-refractivity contribution is 7.10. The monoisotopic (exact) mass is 168 g/mol. The molecule has 0 saturated carbocycles. The molecule has 0 aliphatic carbocycles. The van der Waals surface area contributed by atoms with Gasteiger partial charge in [0.2, 0.25) is 0 Å². The fraction of sp³-hybridized carbons (Fsp3) is 0.600. The molecule has 0 aliphatic rings. The van der Waals surface area contributed by atoms with Crippen molar-refractivity contribution in [2.45, 2.75) is 39.0 Å². The largest absolute Gasteiger partial charge is 0.149 e. The smallest absolute Gasteiger partial charge is 0.00734 e. The van der Waals surface area contributed by atoms with Crippen LogP contribution in [0.25, 0.3) is 0 Å². The summed E-state index contributed by atoms with van der Waals surface area (Å²) in [6.07, 6.45) is 4.02. The highest BCUT2D eigenvalue weighted by atomic mass is 32.1. The average molecular weight is 168 g/mol. The lowest BCUT2D eigenvalue weighted by Gasteiger charge is -2.06. The molecule has 1 rings (SSSR count). The topological polar surface area (TPSA) is 0 Å². The van der Waals surface area contributed by atoms with Crippen LogP contribution in [0.15, 0.2) is 17.5 Å². The lowest BCUT2D eigenvalue weighted by molar-refractivity contribution is 0.632. The summed E-state index contributed by atoms with van der Waals surface area (Å²) in [5.41, 5.74) is 0. The first-order valence-electron chi connectivity index (χ1n) is 4.38. The molecule has 0 bridgehead atoms. The number of unbranched alkanes of at least 4 members (excludes halogenated alkanes) is 1. The van der Waals surface area contributed by atoms with Crippen molar-refractivity contribution in [3.05, 3.63) is 22.4 Å². The van der Waals surface area contributed by atoms with Gasteiger partial charge in [-0.1, -0.05) is 32.8 Å². The van der Waals surface area contributed by atoms with E-state index >= 15 is 0 Å². The maximum absolute atomic E-state index is 2.32. The fourth-order valence-corrected chi connectivity index (χ4v) is 2.05. The van der Waals surface area contributed by atoms with Crippen LogP contribution in [0, 0.1) is 0 Å². The van der Waals surface area contributed by atoms with Crippen LogP contribution in [0.4, 0.5) is 0 Å². The molecule has 0 saturated heterocycles. The summed E-state index contributed by atoms with van der Waals surface area (Å²) >= 11 is 1.88. The molecular formula is C10H16S. The van der Waals surface area contributed by atoms with E-state index in [9.17, 15) is 0 Å². The Balaban J connectivity index is 2.36. The summed E-state index contributed by atoms with van der Waals surface area (Å²) in [7, 11) is 0. The lowest BCUT2D eigenvalue weighted by atomic mass is 10.0. The quantitative estimate of drug-likeness (QED) is 0.636. The standard InChI is InChI=1S/C10H16S/c1-3-4-6-9(2)10-7-5-8-11-10/h5,7-9H,3-4,6H2,1-2H3/t9-/m0/s1. The van der Waals surface area contributed by atoms with E-state index in [2.05, 4.69) is 31.4 Å². The van der Waals surface area contributed by atoms with E-state index in [-0.39, 0.29) is 0 Å². The molecule has 1 aromatic heterocycles. The Morgan fingerprint density at radius 2 is 2.36 bits per heavy atom. The Labute approximate surface area is 73.3 Å². The van der Waals surface area contributed by atoms with E-state index in [1.165, 1.54) is 19.3 Å². The van der Waals surface area contributed by atoms with Gasteiger partial charge in [0, 0.05) is 4.88 Å². The third-order valence-electron chi connectivity index (χ3n) is 2.02. The molecular weight excluding hydrogens is 152 g/mol. The number of hydrogen-bond acceptors (Lipinski definition) is 1. The molecule has 1 heterocycles. The Bertz CT molecular complexity index is 177. The molecule has 0 nitrogen and oxygen atoms in total. The second kappa shape index (κ2) is 4.55. The van der Waals surface area contributed by atoms with E-state index in [0.717, 1.165) is 5.92 Å². The molecule has 0 unspecified atom stereocenters. The van der Waals surface area contributed by atoms with Crippen LogP contribution >= 0.6 is 11.3 Å². The predicted molar refractivity (Wildman–Crippen MR) is 52.3 cm³/mol. The zero-order valence-corrected chi connectivity index (χ0v) is 8.16. The van der Waals surface area contributed by atoms with Gasteiger partial charge in [0.15, 0.2) is 0 Å². The van der Waals surface area contributed by atoms with Crippen LogP contribution in [-0.4, -0.2) is 0 Å². The van der Waals surface area contributed by atoms with Crippen LogP contribution in [0.3, 0.4) is 0 Å². The van der Waals surface area contributed by atoms with Crippen molar-refractivity contribution in [3.8, 4) is 0 Å². The summed E-state index contributed by atoms with van der Waals surface area (Å²) in [6, 6.07) is 4.38. The van der Waals surface area contributed by atoms with Crippen molar-refractivity contribution in [2.75, 3.05) is 0 Å². The number of rotatable bonds is 4. The van der Waals surface area contributed by atoms with Crippen LogP contribution in [0.5, 0.6) is 0 Å². The predicted octanol–water partition coefficient (Wildman–Crippen LogP) is 4.04. The third-order valence-corrected chi connectivity index (χ3v) is 3.12. The highest BCUT2D eigenvalue weighted by Gasteiger charge is 2.04. The molecule has 62 valence electrons. The van der Waals surface area contributed by atoms with Gasteiger partial charge in [-0.3, -0.25) is 0 Å². The summed E-state index contributed by atoms with van der Waals surface area (Å²) in [5, 5.41) is 2.16. The van der Waals surface area contributed by atoms with Gasteiger partial charge in [-0.05, 0) is 23.8 Å². The third kappa shape index (κ3) is 2.66. The maximum Gasteiger partial charge on any atom is 0.00734 e. The minimum absolute atomic E-state index is 0.773. The molecule has 0 radical (unpaired) electrons. The van der Waals surface area contributed by atoms with E-state index in [4.69, 9.17) is 0 Å². The van der Waals surface area contributed by atoms with E-state index < -0.39 is 0 Å². The summed E-state index contributed by atoms with van der Waals surface area (Å²) in [6.45, 7) is 4.57. The Morgan fingerprint density at radius 3 is 2.91 bits per heavy atom. The Morgan fingerprint density at radius 1 is 1.55 bits per heavy atom. The summed E-state index contributed by atoms with van der Waals surface area (Å²) in [4.78, 5) is 1.54. The molecule has 0 spiro atoms. The molecule has 1 atom stereocenters. The van der Waals surface area contributed by atoms with Crippen molar-refractivity contribution in [1.29, 1.82) is 0 Å². The van der Waals surface area contributed by atoms with Crippen molar-refractivity contribution in [3.63, 3.8) is 0 Å². The summed E-state index contributed by atoms with van der Waals surface area (Å²) < 4.78 is 0. The van der Waals surface area contributed by atoms with Gasteiger partial charge >= 0.3 is 0 Å². The normalized spacial score (nSPS) is 13.3. The molecule has 11 heavy (non-hydrogen) atoms. The van der Waals surface area contributed by atoms with Crippen LogP contribution in [-0.2, 0) is 0 Å². The first-order chi connectivity index (χ1) is 5.34. The van der Waals surface area contributed by atoms with E-state index in [1.54, 1.807) is 4.88 Å². The van der Waals surface area contributed by atoms with E-state index in [1.807, 2.05) is 11.3 Å². The Hall–Kier alpha value is -0.300. The average Bonchev–Trinajstić information content (AvgIpc) is 2.52. The van der Waals surface area contributed by atoms with Crippen LogP contribution in [0.1, 0.15) is 43.9 Å². The fourth-order valence-electron chi connectivity index (χ4n) is 1.22. The molecule has 0 fully saturated rings. The molecule has 0 aliphatic heterocycles. The van der Waals surface area contributed by atoms with Gasteiger partial charge in [0.1, 0.15) is 0 Å². The number of hydrogen-bond donors (Lipinski definition) is 0. The van der Waals surface area contributed by atoms with Crippen LogP contribution < -0.4 is 0 Å². The van der Waals surface area contributed by atoms with Gasteiger partial charge < -0.3 is 0 Å². The Kier molecular flexibility index (Phi) is 3.64. The molecule has 0 amide bonds. The zero-order chi connectivity index (χ0) is 8.10. The SMILES string of the molecule is CCCC[C@H](C)c1cccs1. The highest BCUT2D eigenvalue weighted by Crippen LogP contribution is 2.24. The first kappa shape index (κ1) is 8.79. The summed E-state index contributed by atoms with van der Waals surface area (Å²) in [5.74, 6) is 0.773. The minimum atomic E-state index is 0.773. The van der Waals surface area contributed by atoms with Crippen molar-refractivity contribution >= 4 is 11.3 Å². The maximum atomic E-state index is 2.32. The minimum Gasteiger partial charge on any atom is -0.149 e. The second-order valence-corrected chi connectivity index (χ2v) is 4.04. The van der Waals surface area contributed by atoms with Gasteiger partial charge in [0.25, 0.3) is 0 Å². The second-order valence-electron chi connectivity index (χ2n) is 3.06. The zero-order valence-electron chi connectivity index (χ0n) is 7.34. The molecule has 0 N–H and O–H groups in total. The van der Waals surface area contributed by atoms with Crippen molar-refractivity contribution < 1.29 is 0 Å². The molecule has 1 aromatic rings. The van der Waals surface area contributed by atoms with E-state index in [0.29, 0.717) is 0 Å². The molecule has 0 aromatic carbocycles. The van der Waals surface area contributed by atoms with Gasteiger partial charge in [-0.15, -0.1) is 11.3 Å². The van der Waals surface area contributed by atoms with Gasteiger partial charge in [0.05, 0.1) is 0 Å². The lowest BCUT2D eigenvalue weighted by Crippen LogP contribution is -1.88. The molecule has 1 heteroatoms. The van der Waals surface area contributed by atoms with Crippen molar-refractivity contribution in [1.82, 2.24) is 0 Å². The van der Waals surface area contributed by atoms with Gasteiger partial charge in [-0.25, -0.2) is 0 Å². The first-order valence-corrected chi connectivity index (χ1v) is 5.26. The number of thiophene rings is 1. The van der Waals surface area contributed by atoms with Crippen molar-refractivity contribution in [2.24, 2.45) is 0 Å². The van der Waals surface area contributed by atoms with Gasteiger partial charge in [-0.2, -0.15) is 0 Å². The van der Waals surface area contributed by atoms with Crippen LogP contribution in [0.2, 0.25) is 0 Å².